The second-order valence-corrected chi connectivity index (χ2v) is 8.26. The molecule has 1 aliphatic rings. The first-order chi connectivity index (χ1) is 17.0. The Morgan fingerprint density at radius 1 is 1.00 bits per heavy atom. The highest BCUT2D eigenvalue weighted by atomic mass is 16.5. The van der Waals surface area contributed by atoms with E-state index in [0.29, 0.717) is 55.3 Å². The van der Waals surface area contributed by atoms with Crippen molar-refractivity contribution in [1.82, 2.24) is 0 Å². The minimum Gasteiger partial charge on any atom is -0.493 e. The van der Waals surface area contributed by atoms with Crippen LogP contribution in [-0.2, 0) is 16.0 Å². The van der Waals surface area contributed by atoms with Crippen LogP contribution in [0.2, 0.25) is 0 Å². The number of hydrogen-bond donors (Lipinski definition) is 1. The van der Waals surface area contributed by atoms with E-state index < -0.39 is 12.1 Å². The number of ether oxygens (including phenoxy) is 4. The number of aliphatic carboxylic acids is 1. The van der Waals surface area contributed by atoms with Gasteiger partial charge in [0.05, 0.1) is 25.2 Å². The van der Waals surface area contributed by atoms with E-state index in [1.165, 1.54) is 7.11 Å². The van der Waals surface area contributed by atoms with Gasteiger partial charge in [-0.3, -0.25) is 4.79 Å². The Hall–Kier alpha value is -3.84. The van der Waals surface area contributed by atoms with Gasteiger partial charge in [-0.2, -0.15) is 0 Å². The number of benzene rings is 3. The number of Topliss-reactive ketones (excluding diaryl/α,β-unsaturated/α-hetero) is 1. The number of carbonyl (C=O) groups excluding carboxylic acids is 1. The third kappa shape index (κ3) is 6.39. The molecule has 7 heteroatoms. The molecule has 2 atom stereocenters. The molecule has 0 radical (unpaired) electrons. The van der Waals surface area contributed by atoms with Crippen LogP contribution in [0.4, 0.5) is 0 Å². The maximum atomic E-state index is 12.6. The Morgan fingerprint density at radius 3 is 2.37 bits per heavy atom. The fourth-order valence-corrected chi connectivity index (χ4v) is 3.89. The molecule has 3 aromatic rings. The van der Waals surface area contributed by atoms with Crippen molar-refractivity contribution >= 4 is 11.8 Å². The van der Waals surface area contributed by atoms with Crippen molar-refractivity contribution in [2.45, 2.75) is 31.5 Å². The van der Waals surface area contributed by atoms with Crippen LogP contribution in [0.25, 0.3) is 0 Å². The SMILES string of the molecule is CO[C@@H](Cc1ccc(OCCCOc2ccc3c(c2)OC(c2ccccc2)CC3=O)cc1)C(=O)O. The van der Waals surface area contributed by atoms with E-state index in [-0.39, 0.29) is 11.9 Å². The van der Waals surface area contributed by atoms with Crippen molar-refractivity contribution in [1.29, 1.82) is 0 Å². The van der Waals surface area contributed by atoms with Gasteiger partial charge in [-0.15, -0.1) is 0 Å². The molecule has 0 fully saturated rings. The summed E-state index contributed by atoms with van der Waals surface area (Å²) in [6.45, 7) is 0.909. The van der Waals surface area contributed by atoms with Gasteiger partial charge in [0.25, 0.3) is 0 Å². The summed E-state index contributed by atoms with van der Waals surface area (Å²) in [6, 6.07) is 22.3. The Balaban J connectivity index is 1.24. The third-order valence-corrected chi connectivity index (χ3v) is 5.80. The molecule has 1 heterocycles. The van der Waals surface area contributed by atoms with Gasteiger partial charge in [0.1, 0.15) is 23.4 Å². The maximum absolute atomic E-state index is 12.6. The number of methoxy groups -OCH3 is 1. The van der Waals surface area contributed by atoms with E-state index in [9.17, 15) is 9.59 Å². The van der Waals surface area contributed by atoms with Gasteiger partial charge in [0.2, 0.25) is 0 Å². The Bertz CT molecular complexity index is 1140. The van der Waals surface area contributed by atoms with Gasteiger partial charge in [0, 0.05) is 26.0 Å². The summed E-state index contributed by atoms with van der Waals surface area (Å²) in [4.78, 5) is 23.6. The number of carboxylic acids is 1. The van der Waals surface area contributed by atoms with Crippen LogP contribution < -0.4 is 14.2 Å². The number of ketones is 1. The quantitative estimate of drug-likeness (QED) is 0.394. The van der Waals surface area contributed by atoms with Gasteiger partial charge in [0.15, 0.2) is 11.9 Å². The highest BCUT2D eigenvalue weighted by molar-refractivity contribution is 6.00. The molecule has 0 saturated heterocycles. The van der Waals surface area contributed by atoms with Gasteiger partial charge in [-0.1, -0.05) is 42.5 Å². The van der Waals surface area contributed by atoms with Crippen molar-refractivity contribution in [2.24, 2.45) is 0 Å². The van der Waals surface area contributed by atoms with E-state index >= 15 is 0 Å². The summed E-state index contributed by atoms with van der Waals surface area (Å²) in [5, 5.41) is 9.08. The first-order valence-corrected chi connectivity index (χ1v) is 11.5. The minimum atomic E-state index is -0.985. The van der Waals surface area contributed by atoms with Crippen LogP contribution in [0.5, 0.6) is 17.2 Å². The van der Waals surface area contributed by atoms with Crippen molar-refractivity contribution in [3.63, 3.8) is 0 Å². The second-order valence-electron chi connectivity index (χ2n) is 8.26. The number of hydrogen-bond acceptors (Lipinski definition) is 6. The van der Waals surface area contributed by atoms with Gasteiger partial charge < -0.3 is 24.1 Å². The van der Waals surface area contributed by atoms with Crippen molar-refractivity contribution in [3.05, 3.63) is 89.5 Å². The highest BCUT2D eigenvalue weighted by Crippen LogP contribution is 2.37. The van der Waals surface area contributed by atoms with Crippen molar-refractivity contribution in [2.75, 3.05) is 20.3 Å². The predicted octanol–water partition coefficient (Wildman–Crippen LogP) is 4.88. The molecular weight excluding hydrogens is 448 g/mol. The summed E-state index contributed by atoms with van der Waals surface area (Å²) in [6.07, 6.45) is 0.117. The largest absolute Gasteiger partial charge is 0.493 e. The average molecular weight is 477 g/mol. The first kappa shape index (κ1) is 24.3. The summed E-state index contributed by atoms with van der Waals surface area (Å²) in [7, 11) is 1.39. The molecule has 1 aliphatic heterocycles. The lowest BCUT2D eigenvalue weighted by Crippen LogP contribution is -2.24. The lowest BCUT2D eigenvalue weighted by molar-refractivity contribution is -0.148. The average Bonchev–Trinajstić information content (AvgIpc) is 2.88. The first-order valence-electron chi connectivity index (χ1n) is 11.5. The number of carboxylic acid groups (broad SMARTS) is 1. The number of carbonyl (C=O) groups is 2. The topological polar surface area (TPSA) is 91.3 Å². The molecule has 0 bridgehead atoms. The smallest absolute Gasteiger partial charge is 0.333 e. The van der Waals surface area contributed by atoms with E-state index in [0.717, 1.165) is 11.1 Å². The normalized spacial score (nSPS) is 15.6. The van der Waals surface area contributed by atoms with E-state index in [1.54, 1.807) is 18.2 Å². The number of rotatable bonds is 11. The number of fused-ring (bicyclic) bond motifs is 1. The van der Waals surface area contributed by atoms with Crippen LogP contribution >= 0.6 is 0 Å². The zero-order chi connectivity index (χ0) is 24.6. The summed E-state index contributed by atoms with van der Waals surface area (Å²) >= 11 is 0. The molecule has 182 valence electrons. The van der Waals surface area contributed by atoms with Gasteiger partial charge in [-0.05, 0) is 35.4 Å². The van der Waals surface area contributed by atoms with Gasteiger partial charge in [-0.25, -0.2) is 4.79 Å². The van der Waals surface area contributed by atoms with Crippen molar-refractivity contribution in [3.8, 4) is 17.2 Å². The molecule has 4 rings (SSSR count). The van der Waals surface area contributed by atoms with Crippen LogP contribution in [0.3, 0.4) is 0 Å². The van der Waals surface area contributed by atoms with Crippen LogP contribution in [0.15, 0.2) is 72.8 Å². The minimum absolute atomic E-state index is 0.0618. The van der Waals surface area contributed by atoms with Gasteiger partial charge >= 0.3 is 5.97 Å². The molecule has 0 saturated carbocycles. The molecule has 0 amide bonds. The standard InChI is InChI=1S/C28H28O7/c1-32-27(28(30)31)16-19-8-10-21(11-9-19)33-14-5-15-34-22-12-13-23-24(29)18-25(35-26(23)17-22)20-6-3-2-4-7-20/h2-4,6-13,17,25,27H,5,14-16,18H2,1H3,(H,30,31)/t25?,27-/m0/s1. The van der Waals surface area contributed by atoms with Crippen LogP contribution in [0.1, 0.15) is 40.4 Å². The molecule has 35 heavy (non-hydrogen) atoms. The summed E-state index contributed by atoms with van der Waals surface area (Å²) < 4.78 is 22.7. The third-order valence-electron chi connectivity index (χ3n) is 5.80. The van der Waals surface area contributed by atoms with E-state index in [4.69, 9.17) is 24.1 Å². The zero-order valence-corrected chi connectivity index (χ0v) is 19.5. The Morgan fingerprint density at radius 2 is 1.69 bits per heavy atom. The molecule has 0 aliphatic carbocycles. The molecule has 7 nitrogen and oxygen atoms in total. The fraction of sp³-hybridized carbons (Fsp3) is 0.286. The second kappa shape index (κ2) is 11.5. The fourth-order valence-electron chi connectivity index (χ4n) is 3.89. The molecule has 3 aromatic carbocycles. The molecule has 1 N–H and O–H groups in total. The molecule has 0 spiro atoms. The summed E-state index contributed by atoms with van der Waals surface area (Å²) in [5.41, 5.74) is 2.41. The molecule has 0 aromatic heterocycles. The van der Waals surface area contributed by atoms with E-state index in [1.807, 2.05) is 54.6 Å². The summed E-state index contributed by atoms with van der Waals surface area (Å²) in [5.74, 6) is 0.960. The zero-order valence-electron chi connectivity index (χ0n) is 19.5. The van der Waals surface area contributed by atoms with Crippen molar-refractivity contribution < 1.29 is 33.6 Å². The monoisotopic (exact) mass is 476 g/mol. The predicted molar refractivity (Wildman–Crippen MR) is 129 cm³/mol. The Kier molecular flexibility index (Phi) is 8.00. The molecular formula is C28H28O7. The Labute approximate surface area is 204 Å². The molecule has 1 unspecified atom stereocenters. The maximum Gasteiger partial charge on any atom is 0.333 e. The lowest BCUT2D eigenvalue weighted by Gasteiger charge is -2.26. The van der Waals surface area contributed by atoms with Crippen LogP contribution in [-0.4, -0.2) is 43.3 Å². The van der Waals surface area contributed by atoms with Crippen LogP contribution in [0, 0.1) is 0 Å². The highest BCUT2D eigenvalue weighted by Gasteiger charge is 2.27. The van der Waals surface area contributed by atoms with E-state index in [2.05, 4.69) is 0 Å². The lowest BCUT2D eigenvalue weighted by atomic mass is 9.96.